The fourth-order valence-electron chi connectivity index (χ4n) is 2.93. The van der Waals surface area contributed by atoms with Gasteiger partial charge in [-0.05, 0) is 68.1 Å². The van der Waals surface area contributed by atoms with E-state index in [1.165, 1.54) is 28.6 Å². The van der Waals surface area contributed by atoms with Crippen molar-refractivity contribution in [1.82, 2.24) is 4.31 Å². The molecular weight excluding hydrogens is 372 g/mol. The van der Waals surface area contributed by atoms with Crippen molar-refractivity contribution in [2.75, 3.05) is 17.8 Å². The number of nitrogens with zero attached hydrogens (tertiary/aromatic N) is 1. The van der Waals surface area contributed by atoms with E-state index in [2.05, 4.69) is 4.72 Å². The highest BCUT2D eigenvalue weighted by atomic mass is 32.2. The summed E-state index contributed by atoms with van der Waals surface area (Å²) in [6.45, 7) is 4.77. The largest absolute Gasteiger partial charge is 0.279 e. The lowest BCUT2D eigenvalue weighted by molar-refractivity contribution is 0.477. The van der Waals surface area contributed by atoms with Gasteiger partial charge >= 0.3 is 0 Å². The molecule has 0 spiro atoms. The lowest BCUT2D eigenvalue weighted by Gasteiger charge is -2.16. The van der Waals surface area contributed by atoms with Gasteiger partial charge in [-0.1, -0.05) is 12.1 Å². The van der Waals surface area contributed by atoms with Gasteiger partial charge in [0, 0.05) is 13.1 Å². The lowest BCUT2D eigenvalue weighted by atomic mass is 10.1. The van der Waals surface area contributed by atoms with Gasteiger partial charge in [-0.2, -0.15) is 4.31 Å². The van der Waals surface area contributed by atoms with Gasteiger partial charge in [-0.15, -0.1) is 0 Å². The van der Waals surface area contributed by atoms with Crippen LogP contribution in [0.5, 0.6) is 0 Å². The second-order valence-electron chi connectivity index (χ2n) is 6.44. The Hall–Kier alpha value is -1.90. The van der Waals surface area contributed by atoms with Crippen LogP contribution in [0.15, 0.2) is 52.3 Å². The van der Waals surface area contributed by atoms with Gasteiger partial charge in [-0.25, -0.2) is 16.8 Å². The first kappa shape index (κ1) is 18.9. The maximum absolute atomic E-state index is 12.6. The number of nitrogens with one attached hydrogen (secondary N) is 1. The van der Waals surface area contributed by atoms with Gasteiger partial charge in [-0.3, -0.25) is 4.72 Å². The average molecular weight is 395 g/mol. The average Bonchev–Trinajstić information content (AvgIpc) is 3.14. The molecule has 0 bridgehead atoms. The van der Waals surface area contributed by atoms with Crippen molar-refractivity contribution in [2.45, 2.75) is 36.5 Å². The minimum Gasteiger partial charge on any atom is -0.279 e. The molecule has 26 heavy (non-hydrogen) atoms. The molecule has 1 heterocycles. The fraction of sp³-hybridized carbons (Fsp3) is 0.333. The molecule has 1 fully saturated rings. The van der Waals surface area contributed by atoms with Crippen molar-refractivity contribution in [3.8, 4) is 0 Å². The molecule has 0 unspecified atom stereocenters. The van der Waals surface area contributed by atoms with Crippen molar-refractivity contribution in [3.05, 3.63) is 53.6 Å². The van der Waals surface area contributed by atoms with Crippen molar-refractivity contribution in [1.29, 1.82) is 0 Å². The van der Waals surface area contributed by atoms with Crippen LogP contribution in [0.1, 0.15) is 24.0 Å². The quantitative estimate of drug-likeness (QED) is 0.845. The Labute approximate surface area is 155 Å². The van der Waals surface area contributed by atoms with E-state index < -0.39 is 20.0 Å². The molecule has 0 amide bonds. The van der Waals surface area contributed by atoms with Crippen molar-refractivity contribution in [2.24, 2.45) is 0 Å². The zero-order valence-electron chi connectivity index (χ0n) is 14.8. The predicted molar refractivity (Wildman–Crippen MR) is 101 cm³/mol. The number of rotatable bonds is 5. The van der Waals surface area contributed by atoms with Crippen LogP contribution in [0, 0.1) is 13.8 Å². The molecule has 0 aliphatic carbocycles. The summed E-state index contributed by atoms with van der Waals surface area (Å²) in [5.41, 5.74) is 2.35. The van der Waals surface area contributed by atoms with Crippen LogP contribution in [0.3, 0.4) is 0 Å². The first-order valence-corrected chi connectivity index (χ1v) is 11.3. The summed E-state index contributed by atoms with van der Waals surface area (Å²) in [6, 6.07) is 10.8. The Morgan fingerprint density at radius 1 is 0.846 bits per heavy atom. The van der Waals surface area contributed by atoms with E-state index in [0.29, 0.717) is 18.8 Å². The summed E-state index contributed by atoms with van der Waals surface area (Å²) in [5.74, 6) is 0. The van der Waals surface area contributed by atoms with E-state index in [-0.39, 0.29) is 9.79 Å². The molecule has 0 atom stereocenters. The highest BCUT2D eigenvalue weighted by Gasteiger charge is 2.27. The SMILES string of the molecule is Cc1cccc(NS(=O)(=O)c2ccc(S(=O)(=O)N3CCCC3)cc2)c1C. The van der Waals surface area contributed by atoms with Gasteiger partial charge in [0.1, 0.15) is 0 Å². The second-order valence-corrected chi connectivity index (χ2v) is 10.1. The van der Waals surface area contributed by atoms with Crippen molar-refractivity contribution >= 4 is 25.7 Å². The summed E-state index contributed by atoms with van der Waals surface area (Å²) < 4.78 is 54.3. The topological polar surface area (TPSA) is 83.5 Å². The molecular formula is C18H22N2O4S2. The summed E-state index contributed by atoms with van der Waals surface area (Å²) >= 11 is 0. The molecule has 140 valence electrons. The van der Waals surface area contributed by atoms with E-state index in [1.54, 1.807) is 12.1 Å². The Bertz CT molecular complexity index is 1010. The number of anilines is 1. The van der Waals surface area contributed by atoms with E-state index >= 15 is 0 Å². The zero-order valence-corrected chi connectivity index (χ0v) is 16.4. The molecule has 3 rings (SSSR count). The summed E-state index contributed by atoms with van der Waals surface area (Å²) in [4.78, 5) is 0.142. The Morgan fingerprint density at radius 2 is 1.42 bits per heavy atom. The molecule has 1 aliphatic rings. The monoisotopic (exact) mass is 394 g/mol. The Balaban J connectivity index is 1.86. The molecule has 1 aliphatic heterocycles. The maximum Gasteiger partial charge on any atom is 0.261 e. The van der Waals surface area contributed by atoms with Crippen LogP contribution in [0.2, 0.25) is 0 Å². The van der Waals surface area contributed by atoms with Crippen molar-refractivity contribution in [3.63, 3.8) is 0 Å². The maximum atomic E-state index is 12.6. The smallest absolute Gasteiger partial charge is 0.261 e. The molecule has 2 aromatic rings. The van der Waals surface area contributed by atoms with Gasteiger partial charge in [0.15, 0.2) is 0 Å². The first-order chi connectivity index (χ1) is 12.2. The minimum atomic E-state index is -3.79. The summed E-state index contributed by atoms with van der Waals surface area (Å²) in [7, 11) is -7.35. The second kappa shape index (κ2) is 7.02. The molecule has 0 radical (unpaired) electrons. The van der Waals surface area contributed by atoms with Crippen molar-refractivity contribution < 1.29 is 16.8 Å². The zero-order chi connectivity index (χ0) is 18.9. The number of hydrogen-bond donors (Lipinski definition) is 1. The number of benzene rings is 2. The van der Waals surface area contributed by atoms with Gasteiger partial charge in [0.05, 0.1) is 15.5 Å². The standard InChI is InChI=1S/C18H22N2O4S2/c1-14-6-5-7-18(15(14)2)19-25(21,22)16-8-10-17(11-9-16)26(23,24)20-12-3-4-13-20/h5-11,19H,3-4,12-13H2,1-2H3. The highest BCUT2D eigenvalue weighted by Crippen LogP contribution is 2.25. The predicted octanol–water partition coefficient (Wildman–Crippen LogP) is 2.89. The third-order valence-electron chi connectivity index (χ3n) is 4.69. The first-order valence-electron chi connectivity index (χ1n) is 8.41. The van der Waals surface area contributed by atoms with Crippen LogP contribution in [0.25, 0.3) is 0 Å². The summed E-state index contributed by atoms with van der Waals surface area (Å²) in [6.07, 6.45) is 1.71. The summed E-state index contributed by atoms with van der Waals surface area (Å²) in [5, 5.41) is 0. The van der Waals surface area contributed by atoms with Crippen LogP contribution >= 0.6 is 0 Å². The lowest BCUT2D eigenvalue weighted by Crippen LogP contribution is -2.27. The molecule has 1 N–H and O–H groups in total. The number of hydrogen-bond acceptors (Lipinski definition) is 4. The number of aryl methyl sites for hydroxylation is 1. The number of sulfonamides is 2. The third-order valence-corrected chi connectivity index (χ3v) is 7.98. The molecule has 0 aromatic heterocycles. The van der Waals surface area contributed by atoms with Gasteiger partial charge < -0.3 is 0 Å². The Kier molecular flexibility index (Phi) is 5.09. The molecule has 8 heteroatoms. The van der Waals surface area contributed by atoms with Crippen LogP contribution in [-0.4, -0.2) is 34.2 Å². The van der Waals surface area contributed by atoms with Gasteiger partial charge in [0.25, 0.3) is 10.0 Å². The Morgan fingerprint density at radius 3 is 2.04 bits per heavy atom. The van der Waals surface area contributed by atoms with Crippen LogP contribution in [0.4, 0.5) is 5.69 Å². The highest BCUT2D eigenvalue weighted by molar-refractivity contribution is 7.92. The normalized spacial score (nSPS) is 15.9. The van der Waals surface area contributed by atoms with Crippen LogP contribution < -0.4 is 4.72 Å². The molecule has 1 saturated heterocycles. The van der Waals surface area contributed by atoms with E-state index in [0.717, 1.165) is 24.0 Å². The van der Waals surface area contributed by atoms with E-state index in [1.807, 2.05) is 19.9 Å². The molecule has 0 saturated carbocycles. The van der Waals surface area contributed by atoms with E-state index in [4.69, 9.17) is 0 Å². The van der Waals surface area contributed by atoms with Crippen LogP contribution in [-0.2, 0) is 20.0 Å². The van der Waals surface area contributed by atoms with Gasteiger partial charge in [0.2, 0.25) is 10.0 Å². The third kappa shape index (κ3) is 3.62. The molecule has 6 nitrogen and oxygen atoms in total. The molecule has 2 aromatic carbocycles. The minimum absolute atomic E-state index is 0.0266. The van der Waals surface area contributed by atoms with E-state index in [9.17, 15) is 16.8 Å². The fourth-order valence-corrected chi connectivity index (χ4v) is 5.57.